The Hall–Kier alpha value is -0.450. The van der Waals surface area contributed by atoms with Crippen molar-refractivity contribution in [2.75, 3.05) is 6.61 Å². The van der Waals surface area contributed by atoms with Gasteiger partial charge >= 0.3 is 0 Å². The predicted octanol–water partition coefficient (Wildman–Crippen LogP) is 2.53. The van der Waals surface area contributed by atoms with Gasteiger partial charge in [0.05, 0.1) is 5.60 Å². The maximum absolute atomic E-state index is 6.13. The summed E-state index contributed by atoms with van der Waals surface area (Å²) in [4.78, 5) is 4.31. The minimum Gasteiger partial charge on any atom is -0.374 e. The Kier molecular flexibility index (Phi) is 4.89. The number of hydrogen-bond donors (Lipinski definition) is 1. The fraction of sp³-hybridized carbons (Fsp3) is 0.583. The summed E-state index contributed by atoms with van der Waals surface area (Å²) >= 11 is 3.36. The molecule has 90 valence electrons. The Bertz CT molecular complexity index is 324. The lowest BCUT2D eigenvalue weighted by atomic mass is 9.95. The predicted molar refractivity (Wildman–Crippen MR) is 69.3 cm³/mol. The lowest BCUT2D eigenvalue weighted by molar-refractivity contribution is -0.0290. The van der Waals surface area contributed by atoms with Crippen molar-refractivity contribution in [3.05, 3.63) is 28.5 Å². The summed E-state index contributed by atoms with van der Waals surface area (Å²) in [5, 5.41) is 0. The van der Waals surface area contributed by atoms with Gasteiger partial charge in [-0.3, -0.25) is 4.98 Å². The first-order valence-electron chi connectivity index (χ1n) is 5.45. The largest absolute Gasteiger partial charge is 0.374 e. The summed E-state index contributed by atoms with van der Waals surface area (Å²) in [6.45, 7) is 6.68. The fourth-order valence-corrected chi connectivity index (χ4v) is 1.71. The minimum absolute atomic E-state index is 0.0545. The summed E-state index contributed by atoms with van der Waals surface area (Å²) in [7, 11) is 0. The highest BCUT2D eigenvalue weighted by molar-refractivity contribution is 9.10. The topological polar surface area (TPSA) is 48.1 Å². The van der Waals surface area contributed by atoms with Gasteiger partial charge in [-0.25, -0.2) is 0 Å². The number of halogens is 1. The highest BCUT2D eigenvalue weighted by Gasteiger charge is 2.27. The Balaban J connectivity index is 2.63. The molecule has 4 heteroatoms. The highest BCUT2D eigenvalue weighted by Crippen LogP contribution is 2.17. The van der Waals surface area contributed by atoms with E-state index >= 15 is 0 Å². The number of pyridine rings is 1. The average molecular weight is 287 g/mol. The average Bonchev–Trinajstić information content (AvgIpc) is 2.21. The molecule has 1 heterocycles. The van der Waals surface area contributed by atoms with Gasteiger partial charge in [-0.15, -0.1) is 0 Å². The van der Waals surface area contributed by atoms with E-state index in [1.807, 2.05) is 32.9 Å². The van der Waals surface area contributed by atoms with Crippen molar-refractivity contribution in [1.29, 1.82) is 0 Å². The van der Waals surface area contributed by atoms with Crippen LogP contribution in [0.2, 0.25) is 0 Å². The van der Waals surface area contributed by atoms with Crippen LogP contribution in [0.1, 0.15) is 26.5 Å². The molecule has 1 aromatic rings. The maximum Gasteiger partial charge on any atom is 0.0780 e. The number of rotatable bonds is 5. The van der Waals surface area contributed by atoms with Crippen molar-refractivity contribution in [1.82, 2.24) is 4.98 Å². The Morgan fingerprint density at radius 3 is 2.69 bits per heavy atom. The quantitative estimate of drug-likeness (QED) is 0.905. The molecule has 1 rings (SSSR count). The van der Waals surface area contributed by atoms with Crippen molar-refractivity contribution in [2.45, 2.75) is 38.8 Å². The summed E-state index contributed by atoms with van der Waals surface area (Å²) in [5.41, 5.74) is 6.80. The highest BCUT2D eigenvalue weighted by atomic mass is 79.9. The van der Waals surface area contributed by atoms with Crippen molar-refractivity contribution >= 4 is 15.9 Å². The zero-order chi connectivity index (χ0) is 12.2. The van der Waals surface area contributed by atoms with Crippen LogP contribution in [0, 0.1) is 0 Å². The van der Waals surface area contributed by atoms with Gasteiger partial charge in [-0.1, -0.05) is 0 Å². The minimum atomic E-state index is -0.316. The van der Waals surface area contributed by atoms with Gasteiger partial charge < -0.3 is 10.5 Å². The van der Waals surface area contributed by atoms with Crippen molar-refractivity contribution < 1.29 is 4.74 Å². The van der Waals surface area contributed by atoms with E-state index in [-0.39, 0.29) is 11.6 Å². The van der Waals surface area contributed by atoms with Crippen LogP contribution in [0.15, 0.2) is 22.8 Å². The molecule has 16 heavy (non-hydrogen) atoms. The second-order valence-electron chi connectivity index (χ2n) is 4.31. The molecule has 1 unspecified atom stereocenters. The summed E-state index contributed by atoms with van der Waals surface area (Å²) < 4.78 is 6.61. The standard InChI is InChI=1S/C12H19BrN2O/c1-4-16-12(2,3)11(14)7-10-6-5-9(13)8-15-10/h5-6,8,11H,4,7,14H2,1-3H3. The maximum atomic E-state index is 6.13. The normalized spacial score (nSPS) is 13.8. The first-order chi connectivity index (χ1) is 7.45. The second-order valence-corrected chi connectivity index (χ2v) is 5.23. The molecule has 0 aromatic carbocycles. The molecule has 0 bridgehead atoms. The molecular weight excluding hydrogens is 268 g/mol. The lowest BCUT2D eigenvalue weighted by Gasteiger charge is -2.31. The van der Waals surface area contributed by atoms with E-state index in [4.69, 9.17) is 10.5 Å². The summed E-state index contributed by atoms with van der Waals surface area (Å²) in [6, 6.07) is 3.90. The van der Waals surface area contributed by atoms with Crippen LogP contribution in [0.4, 0.5) is 0 Å². The van der Waals surface area contributed by atoms with Crippen molar-refractivity contribution in [2.24, 2.45) is 5.73 Å². The summed E-state index contributed by atoms with van der Waals surface area (Å²) in [5.74, 6) is 0. The molecule has 0 fully saturated rings. The molecular formula is C12H19BrN2O. The third-order valence-electron chi connectivity index (χ3n) is 2.63. The molecule has 0 radical (unpaired) electrons. The lowest BCUT2D eigenvalue weighted by Crippen LogP contribution is -2.46. The van der Waals surface area contributed by atoms with Gasteiger partial charge in [0.25, 0.3) is 0 Å². The zero-order valence-corrected chi connectivity index (χ0v) is 11.6. The zero-order valence-electron chi connectivity index (χ0n) is 10.0. The first-order valence-corrected chi connectivity index (χ1v) is 6.25. The Labute approximate surface area is 106 Å². The molecule has 0 amide bonds. The SMILES string of the molecule is CCOC(C)(C)C(N)Cc1ccc(Br)cn1. The van der Waals surface area contributed by atoms with Crippen LogP contribution in [0.25, 0.3) is 0 Å². The first kappa shape index (κ1) is 13.6. The van der Waals surface area contributed by atoms with Crippen LogP contribution < -0.4 is 5.73 Å². The van der Waals surface area contributed by atoms with Crippen molar-refractivity contribution in [3.63, 3.8) is 0 Å². The molecule has 3 nitrogen and oxygen atoms in total. The van der Waals surface area contributed by atoms with E-state index in [9.17, 15) is 0 Å². The van der Waals surface area contributed by atoms with E-state index in [0.29, 0.717) is 6.61 Å². The van der Waals surface area contributed by atoms with E-state index in [1.54, 1.807) is 6.20 Å². The number of nitrogens with two attached hydrogens (primary N) is 1. The molecule has 0 spiro atoms. The molecule has 1 atom stereocenters. The number of ether oxygens (including phenoxy) is 1. The monoisotopic (exact) mass is 286 g/mol. The van der Waals surface area contributed by atoms with Gasteiger partial charge in [0.2, 0.25) is 0 Å². The third kappa shape index (κ3) is 3.85. The second kappa shape index (κ2) is 5.75. The molecule has 0 aliphatic heterocycles. The molecule has 1 aromatic heterocycles. The summed E-state index contributed by atoms with van der Waals surface area (Å²) in [6.07, 6.45) is 2.51. The van der Waals surface area contributed by atoms with Crippen LogP contribution >= 0.6 is 15.9 Å². The van der Waals surface area contributed by atoms with Crippen LogP contribution in [-0.4, -0.2) is 23.2 Å². The molecule has 0 saturated carbocycles. The van der Waals surface area contributed by atoms with Crippen LogP contribution in [-0.2, 0) is 11.2 Å². The van der Waals surface area contributed by atoms with E-state index in [1.165, 1.54) is 0 Å². The van der Waals surface area contributed by atoms with E-state index in [2.05, 4.69) is 20.9 Å². The number of hydrogen-bond acceptors (Lipinski definition) is 3. The van der Waals surface area contributed by atoms with E-state index < -0.39 is 0 Å². The van der Waals surface area contributed by atoms with Gasteiger partial charge in [0.1, 0.15) is 0 Å². The molecule has 0 aliphatic rings. The van der Waals surface area contributed by atoms with Gasteiger partial charge in [-0.2, -0.15) is 0 Å². The third-order valence-corrected chi connectivity index (χ3v) is 3.10. The number of nitrogens with zero attached hydrogens (tertiary/aromatic N) is 1. The van der Waals surface area contributed by atoms with Crippen LogP contribution in [0.5, 0.6) is 0 Å². The van der Waals surface area contributed by atoms with Gasteiger partial charge in [0.15, 0.2) is 0 Å². The Morgan fingerprint density at radius 2 is 2.19 bits per heavy atom. The van der Waals surface area contributed by atoms with Gasteiger partial charge in [0, 0.05) is 35.4 Å². The van der Waals surface area contributed by atoms with E-state index in [0.717, 1.165) is 16.6 Å². The van der Waals surface area contributed by atoms with Crippen LogP contribution in [0.3, 0.4) is 0 Å². The fourth-order valence-electron chi connectivity index (χ4n) is 1.48. The molecule has 0 saturated heterocycles. The molecule has 0 aliphatic carbocycles. The number of aromatic nitrogens is 1. The van der Waals surface area contributed by atoms with Gasteiger partial charge in [-0.05, 0) is 48.8 Å². The Morgan fingerprint density at radius 1 is 1.50 bits per heavy atom. The smallest absolute Gasteiger partial charge is 0.0780 e. The molecule has 2 N–H and O–H groups in total. The van der Waals surface area contributed by atoms with Crippen molar-refractivity contribution in [3.8, 4) is 0 Å².